The third-order valence-electron chi connectivity index (χ3n) is 8.57. The second-order valence-corrected chi connectivity index (χ2v) is 14.9. The van der Waals surface area contributed by atoms with Crippen molar-refractivity contribution < 1.29 is 52.3 Å². The van der Waals surface area contributed by atoms with Crippen LogP contribution < -0.4 is 11.7 Å². The number of hydrogen-bond donors (Lipinski definition) is 2. The first-order valence-corrected chi connectivity index (χ1v) is 19.7. The quantitative estimate of drug-likeness (QED) is 0.0368. The number of hydrazine groups is 1. The van der Waals surface area contributed by atoms with Crippen LogP contribution in [0.15, 0.2) is 11.5 Å². The maximum Gasteiger partial charge on any atom is 0.307 e. The first-order chi connectivity index (χ1) is 24.2. The molecule has 2 aliphatic rings. The van der Waals surface area contributed by atoms with E-state index in [1.807, 2.05) is 13.8 Å². The normalized spacial score (nSPS) is 23.1. The molecule has 0 aromatic heterocycles. The first kappa shape index (κ1) is 46.8. The van der Waals surface area contributed by atoms with Gasteiger partial charge in [-0.1, -0.05) is 90.9 Å². The van der Waals surface area contributed by atoms with E-state index in [0.29, 0.717) is 5.75 Å². The molecule has 0 radical (unpaired) electrons. The van der Waals surface area contributed by atoms with Gasteiger partial charge in [0.2, 0.25) is 0 Å². The Morgan fingerprint density at radius 1 is 0.745 bits per heavy atom. The number of carbonyl (C=O) groups is 4. The van der Waals surface area contributed by atoms with Crippen molar-refractivity contribution in [3.8, 4) is 0 Å². The zero-order chi connectivity index (χ0) is 38.4. The Labute approximate surface area is 309 Å². The van der Waals surface area contributed by atoms with Crippen LogP contribution in [-0.2, 0) is 52.3 Å². The van der Waals surface area contributed by atoms with Crippen LogP contribution >= 0.6 is 11.8 Å². The standard InChI is InChI=1S/C37H62O11S.H4N2/c1-9-10-11-12-13-14-15-16-17-18-19-20-21-30-32(48-37(7,8)47-30)25(2)22-23-49-36-35(45-29(6)41)34(44-28(5)40)33(43-27(4)39)31(46-36)24-42-26(3)38;1-2/h25,30-33,36H,9-24H2,1-8H3;1-2H2/t25-,30?,31?,32-,33+,36-;/m0./s1. The number of ether oxygens (including phenoxy) is 7. The van der Waals surface area contributed by atoms with Crippen molar-refractivity contribution >= 4 is 35.6 Å². The van der Waals surface area contributed by atoms with Crippen molar-refractivity contribution in [2.75, 3.05) is 12.4 Å². The zero-order valence-corrected chi connectivity index (χ0v) is 33.1. The van der Waals surface area contributed by atoms with Crippen molar-refractivity contribution in [2.24, 2.45) is 17.6 Å². The molecule has 13 nitrogen and oxygen atoms in total. The minimum Gasteiger partial charge on any atom is -0.463 e. The van der Waals surface area contributed by atoms with Crippen LogP contribution in [0.3, 0.4) is 0 Å². The van der Waals surface area contributed by atoms with Gasteiger partial charge in [0, 0.05) is 27.7 Å². The summed E-state index contributed by atoms with van der Waals surface area (Å²) in [4.78, 5) is 47.8. The molecule has 296 valence electrons. The summed E-state index contributed by atoms with van der Waals surface area (Å²) in [5, 5.41) is 0. The Morgan fingerprint density at radius 2 is 1.27 bits per heavy atom. The monoisotopic (exact) mass is 746 g/mol. The highest BCUT2D eigenvalue weighted by molar-refractivity contribution is 7.99. The van der Waals surface area contributed by atoms with Crippen molar-refractivity contribution in [1.29, 1.82) is 0 Å². The average Bonchev–Trinajstić information content (AvgIpc) is 3.37. The van der Waals surface area contributed by atoms with Crippen molar-refractivity contribution in [2.45, 2.75) is 181 Å². The van der Waals surface area contributed by atoms with Gasteiger partial charge in [-0.15, -0.1) is 11.8 Å². The van der Waals surface area contributed by atoms with Crippen molar-refractivity contribution in [3.05, 3.63) is 11.5 Å². The molecule has 0 aliphatic carbocycles. The van der Waals surface area contributed by atoms with E-state index < -0.39 is 47.3 Å². The van der Waals surface area contributed by atoms with Gasteiger partial charge in [0.1, 0.15) is 12.7 Å². The summed E-state index contributed by atoms with van der Waals surface area (Å²) in [6.07, 6.45) is 14.9. The van der Waals surface area contributed by atoms with Gasteiger partial charge in [-0.25, -0.2) is 0 Å². The second kappa shape index (κ2) is 25.7. The summed E-state index contributed by atoms with van der Waals surface area (Å²) < 4.78 is 40.4. The van der Waals surface area contributed by atoms with E-state index in [-0.39, 0.29) is 36.3 Å². The van der Waals surface area contributed by atoms with Crippen LogP contribution in [0, 0.1) is 5.92 Å². The summed E-state index contributed by atoms with van der Waals surface area (Å²) in [6.45, 7) is 12.8. The molecule has 6 atom stereocenters. The summed E-state index contributed by atoms with van der Waals surface area (Å²) in [6, 6.07) is 0. The minimum absolute atomic E-state index is 0.00581. The van der Waals surface area contributed by atoms with Crippen LogP contribution in [0.25, 0.3) is 0 Å². The Balaban J connectivity index is 0.00000638. The first-order valence-electron chi connectivity index (χ1n) is 18.6. The Kier molecular flexibility index (Phi) is 23.6. The number of carbonyl (C=O) groups excluding carboxylic acids is 4. The fraction of sp³-hybridized carbons (Fsp3) is 0.838. The summed E-state index contributed by atoms with van der Waals surface area (Å²) in [5.74, 6) is 5.18. The number of hydrogen-bond acceptors (Lipinski definition) is 14. The largest absolute Gasteiger partial charge is 0.463 e. The number of unbranched alkanes of at least 4 members (excludes halogenated alkanes) is 11. The van der Waals surface area contributed by atoms with Crippen LogP contribution in [0.5, 0.6) is 0 Å². The number of nitrogens with two attached hydrogens (primary N) is 2. The molecule has 2 heterocycles. The second-order valence-electron chi connectivity index (χ2n) is 13.7. The van der Waals surface area contributed by atoms with Gasteiger partial charge in [-0.2, -0.15) is 0 Å². The topological polar surface area (TPSA) is 185 Å². The number of rotatable bonds is 23. The minimum atomic E-state index is -1.28. The molecule has 2 unspecified atom stereocenters. The Morgan fingerprint density at radius 3 is 1.78 bits per heavy atom. The highest BCUT2D eigenvalue weighted by Gasteiger charge is 2.46. The van der Waals surface area contributed by atoms with E-state index in [2.05, 4.69) is 25.5 Å². The molecule has 0 saturated carbocycles. The van der Waals surface area contributed by atoms with Gasteiger partial charge in [-0.3, -0.25) is 30.9 Å². The van der Waals surface area contributed by atoms with Crippen LogP contribution in [-0.4, -0.2) is 71.9 Å². The zero-order valence-electron chi connectivity index (χ0n) is 32.3. The van der Waals surface area contributed by atoms with Gasteiger partial charge >= 0.3 is 23.9 Å². The van der Waals surface area contributed by atoms with E-state index in [4.69, 9.17) is 33.2 Å². The van der Waals surface area contributed by atoms with Crippen LogP contribution in [0.4, 0.5) is 0 Å². The fourth-order valence-corrected chi connectivity index (χ4v) is 7.52. The summed E-state index contributed by atoms with van der Waals surface area (Å²) in [7, 11) is 0. The lowest BCUT2D eigenvalue weighted by Gasteiger charge is -2.36. The van der Waals surface area contributed by atoms with Gasteiger partial charge in [0.05, 0.1) is 12.2 Å². The van der Waals surface area contributed by atoms with E-state index in [1.165, 1.54) is 110 Å². The molecular weight excluding hydrogens is 680 g/mol. The van der Waals surface area contributed by atoms with Crippen molar-refractivity contribution in [3.63, 3.8) is 0 Å². The molecule has 51 heavy (non-hydrogen) atoms. The van der Waals surface area contributed by atoms with Gasteiger partial charge in [0.25, 0.3) is 0 Å². The molecular formula is C37H66N2O11S. The van der Waals surface area contributed by atoms with E-state index in [0.717, 1.165) is 19.3 Å². The van der Waals surface area contributed by atoms with E-state index >= 15 is 0 Å². The third-order valence-corrected chi connectivity index (χ3v) is 9.67. The predicted octanol–water partition coefficient (Wildman–Crippen LogP) is 6.73. The lowest BCUT2D eigenvalue weighted by atomic mass is 9.94. The highest BCUT2D eigenvalue weighted by atomic mass is 32.2. The molecule has 0 bridgehead atoms. The van der Waals surface area contributed by atoms with Gasteiger partial charge in [0.15, 0.2) is 28.8 Å². The molecule has 0 aromatic carbocycles. The van der Waals surface area contributed by atoms with Crippen LogP contribution in [0.2, 0.25) is 0 Å². The van der Waals surface area contributed by atoms with E-state index in [1.54, 1.807) is 0 Å². The van der Waals surface area contributed by atoms with Crippen molar-refractivity contribution in [1.82, 2.24) is 0 Å². The fourth-order valence-electron chi connectivity index (χ4n) is 6.26. The summed E-state index contributed by atoms with van der Waals surface area (Å²) in [5.41, 5.74) is -0.910. The predicted molar refractivity (Wildman–Crippen MR) is 196 cm³/mol. The molecule has 0 amide bonds. The molecule has 0 spiro atoms. The molecule has 4 N–H and O–H groups in total. The van der Waals surface area contributed by atoms with E-state index in [9.17, 15) is 19.2 Å². The number of esters is 4. The smallest absolute Gasteiger partial charge is 0.307 e. The maximum absolute atomic E-state index is 12.1. The Hall–Kier alpha value is -2.23. The SMILES string of the molecule is CCCCCCCCCCCCCCC1OC(C)(C)O[C@H]1[C@@H](C)CCS[C@@H]1OC(COC(C)=O)[C@@H](OC(C)=O)C(OC(C)=O)=C1OC(C)=O.NN. The molecule has 2 aliphatic heterocycles. The number of thioether (sulfide) groups is 1. The third kappa shape index (κ3) is 18.9. The molecule has 0 aromatic rings. The van der Waals surface area contributed by atoms with Gasteiger partial charge in [-0.05, 0) is 38.4 Å². The lowest BCUT2D eigenvalue weighted by Crippen LogP contribution is -2.47. The molecule has 14 heteroatoms. The summed E-state index contributed by atoms with van der Waals surface area (Å²) >= 11 is 1.34. The average molecular weight is 747 g/mol. The van der Waals surface area contributed by atoms with Crippen LogP contribution in [0.1, 0.15) is 145 Å². The lowest BCUT2D eigenvalue weighted by molar-refractivity contribution is -0.174. The van der Waals surface area contributed by atoms with Gasteiger partial charge < -0.3 is 33.2 Å². The molecule has 2 rings (SSSR count). The Bertz CT molecular complexity index is 1090. The molecule has 1 fully saturated rings. The maximum atomic E-state index is 12.1. The highest BCUT2D eigenvalue weighted by Crippen LogP contribution is 2.39. The molecule has 1 saturated heterocycles.